The highest BCUT2D eigenvalue weighted by Gasteiger charge is 2.18. The molecule has 112 valence electrons. The number of halogens is 1. The molecule has 0 spiro atoms. The third-order valence-corrected chi connectivity index (χ3v) is 5.12. The van der Waals surface area contributed by atoms with Crippen molar-refractivity contribution in [2.24, 2.45) is 0 Å². The van der Waals surface area contributed by atoms with E-state index < -0.39 is 10.0 Å². The van der Waals surface area contributed by atoms with Crippen LogP contribution >= 0.6 is 15.9 Å². The van der Waals surface area contributed by atoms with Crippen LogP contribution in [0.5, 0.6) is 5.75 Å². The van der Waals surface area contributed by atoms with Crippen LogP contribution in [0.25, 0.3) is 0 Å². The number of methoxy groups -OCH3 is 1. The fourth-order valence-electron chi connectivity index (χ4n) is 1.88. The standard InChI is InChI=1S/C14H15BrN2O3S/c1-9-7-10(16)3-6-14(9)21(18,19)17-13-8-11(20-2)4-5-12(13)15/h3-8,17H,16H2,1-2H3. The van der Waals surface area contributed by atoms with Crippen molar-refractivity contribution in [3.8, 4) is 5.75 Å². The van der Waals surface area contributed by atoms with Crippen LogP contribution in [0, 0.1) is 6.92 Å². The molecule has 0 aliphatic heterocycles. The van der Waals surface area contributed by atoms with Crippen molar-refractivity contribution in [3.63, 3.8) is 0 Å². The van der Waals surface area contributed by atoms with Gasteiger partial charge in [-0.3, -0.25) is 4.72 Å². The number of nitrogens with two attached hydrogens (primary N) is 1. The van der Waals surface area contributed by atoms with E-state index in [1.807, 2.05) is 0 Å². The molecule has 0 bridgehead atoms. The van der Waals surface area contributed by atoms with Gasteiger partial charge in [-0.2, -0.15) is 0 Å². The molecule has 5 nitrogen and oxygen atoms in total. The van der Waals surface area contributed by atoms with Gasteiger partial charge in [0.25, 0.3) is 10.0 Å². The van der Waals surface area contributed by atoms with Gasteiger partial charge in [-0.25, -0.2) is 8.42 Å². The van der Waals surface area contributed by atoms with Gasteiger partial charge in [-0.1, -0.05) is 0 Å². The van der Waals surface area contributed by atoms with E-state index in [4.69, 9.17) is 10.5 Å². The maximum absolute atomic E-state index is 12.5. The van der Waals surface area contributed by atoms with Crippen molar-refractivity contribution < 1.29 is 13.2 Å². The highest BCUT2D eigenvalue weighted by Crippen LogP contribution is 2.30. The van der Waals surface area contributed by atoms with Gasteiger partial charge in [0.15, 0.2) is 0 Å². The fraction of sp³-hybridized carbons (Fsp3) is 0.143. The van der Waals surface area contributed by atoms with Crippen LogP contribution in [-0.2, 0) is 10.0 Å². The van der Waals surface area contributed by atoms with E-state index in [-0.39, 0.29) is 4.90 Å². The Morgan fingerprint density at radius 2 is 1.90 bits per heavy atom. The SMILES string of the molecule is COc1ccc(Br)c(NS(=O)(=O)c2ccc(N)cc2C)c1. The van der Waals surface area contributed by atoms with Crippen molar-refractivity contribution in [2.45, 2.75) is 11.8 Å². The van der Waals surface area contributed by atoms with Crippen molar-refractivity contribution >= 4 is 37.3 Å². The zero-order chi connectivity index (χ0) is 15.6. The molecule has 0 aromatic heterocycles. The van der Waals surface area contributed by atoms with Gasteiger partial charge < -0.3 is 10.5 Å². The molecule has 3 N–H and O–H groups in total. The number of sulfonamides is 1. The predicted octanol–water partition coefficient (Wildman–Crippen LogP) is 3.15. The van der Waals surface area contributed by atoms with Crippen molar-refractivity contribution in [3.05, 3.63) is 46.4 Å². The molecule has 21 heavy (non-hydrogen) atoms. The summed E-state index contributed by atoms with van der Waals surface area (Å²) in [6.07, 6.45) is 0. The second-order valence-electron chi connectivity index (χ2n) is 4.48. The third-order valence-electron chi connectivity index (χ3n) is 2.91. The Hall–Kier alpha value is -1.73. The van der Waals surface area contributed by atoms with Crippen LogP contribution in [0.2, 0.25) is 0 Å². The minimum Gasteiger partial charge on any atom is -0.497 e. The molecule has 0 atom stereocenters. The molecule has 2 aromatic carbocycles. The Morgan fingerprint density at radius 3 is 2.52 bits per heavy atom. The first kappa shape index (κ1) is 15.7. The van der Waals surface area contributed by atoms with E-state index >= 15 is 0 Å². The van der Waals surface area contributed by atoms with Gasteiger partial charge in [0.2, 0.25) is 0 Å². The van der Waals surface area contributed by atoms with Gasteiger partial charge in [-0.05, 0) is 58.7 Å². The van der Waals surface area contributed by atoms with Gasteiger partial charge in [0.1, 0.15) is 5.75 Å². The van der Waals surface area contributed by atoms with Gasteiger partial charge in [0, 0.05) is 16.2 Å². The summed E-state index contributed by atoms with van der Waals surface area (Å²) < 4.78 is 33.2. The Kier molecular flexibility index (Phi) is 4.43. The Morgan fingerprint density at radius 1 is 1.19 bits per heavy atom. The normalized spacial score (nSPS) is 11.2. The minimum atomic E-state index is -3.70. The number of hydrogen-bond donors (Lipinski definition) is 2. The summed E-state index contributed by atoms with van der Waals surface area (Å²) in [6, 6.07) is 9.72. The molecule has 2 aromatic rings. The molecule has 0 aliphatic carbocycles. The summed E-state index contributed by atoms with van der Waals surface area (Å²) >= 11 is 3.31. The largest absolute Gasteiger partial charge is 0.497 e. The van der Waals surface area contributed by atoms with Crippen LogP contribution in [0.3, 0.4) is 0 Å². The molecule has 0 saturated carbocycles. The number of hydrogen-bond acceptors (Lipinski definition) is 4. The Labute approximate surface area is 132 Å². The zero-order valence-electron chi connectivity index (χ0n) is 11.6. The molecule has 0 amide bonds. The number of nitrogen functional groups attached to an aromatic ring is 1. The number of anilines is 2. The number of ether oxygens (including phenoxy) is 1. The first-order valence-corrected chi connectivity index (χ1v) is 8.33. The summed E-state index contributed by atoms with van der Waals surface area (Å²) in [4.78, 5) is 0.186. The lowest BCUT2D eigenvalue weighted by Crippen LogP contribution is -2.14. The smallest absolute Gasteiger partial charge is 0.262 e. The quantitative estimate of drug-likeness (QED) is 0.809. The van der Waals surface area contributed by atoms with Gasteiger partial charge in [-0.15, -0.1) is 0 Å². The van der Waals surface area contributed by atoms with E-state index in [1.165, 1.54) is 13.2 Å². The molecule has 0 unspecified atom stereocenters. The summed E-state index contributed by atoms with van der Waals surface area (Å²) in [5.41, 5.74) is 7.16. The average molecular weight is 371 g/mol. The number of benzene rings is 2. The second kappa shape index (κ2) is 5.95. The fourth-order valence-corrected chi connectivity index (χ4v) is 3.66. The summed E-state index contributed by atoms with van der Waals surface area (Å²) in [5, 5.41) is 0. The third kappa shape index (κ3) is 3.48. The molecular formula is C14H15BrN2O3S. The Bertz CT molecular complexity index is 776. The first-order valence-electron chi connectivity index (χ1n) is 6.06. The average Bonchev–Trinajstić information content (AvgIpc) is 2.40. The number of aryl methyl sites for hydroxylation is 1. The predicted molar refractivity (Wildman–Crippen MR) is 87.1 cm³/mol. The van der Waals surface area contributed by atoms with E-state index in [2.05, 4.69) is 20.7 Å². The van der Waals surface area contributed by atoms with Crippen LogP contribution in [-0.4, -0.2) is 15.5 Å². The maximum Gasteiger partial charge on any atom is 0.262 e. The van der Waals surface area contributed by atoms with Crippen LogP contribution in [0.1, 0.15) is 5.56 Å². The highest BCUT2D eigenvalue weighted by atomic mass is 79.9. The highest BCUT2D eigenvalue weighted by molar-refractivity contribution is 9.10. The van der Waals surface area contributed by atoms with Crippen molar-refractivity contribution in [1.82, 2.24) is 0 Å². The lowest BCUT2D eigenvalue weighted by atomic mass is 10.2. The number of nitrogens with one attached hydrogen (secondary N) is 1. The van der Waals surface area contributed by atoms with E-state index in [0.29, 0.717) is 27.2 Å². The van der Waals surface area contributed by atoms with Gasteiger partial charge >= 0.3 is 0 Å². The van der Waals surface area contributed by atoms with Crippen molar-refractivity contribution in [2.75, 3.05) is 17.6 Å². The van der Waals surface area contributed by atoms with E-state index in [1.54, 1.807) is 37.3 Å². The monoisotopic (exact) mass is 370 g/mol. The molecular weight excluding hydrogens is 356 g/mol. The molecule has 0 aliphatic rings. The maximum atomic E-state index is 12.5. The zero-order valence-corrected chi connectivity index (χ0v) is 14.0. The molecule has 0 fully saturated rings. The molecule has 7 heteroatoms. The molecule has 2 rings (SSSR count). The number of rotatable bonds is 4. The van der Waals surface area contributed by atoms with Gasteiger partial charge in [0.05, 0.1) is 17.7 Å². The second-order valence-corrected chi connectivity index (χ2v) is 6.98. The van der Waals surface area contributed by atoms with Crippen LogP contribution in [0.15, 0.2) is 45.8 Å². The minimum absolute atomic E-state index is 0.186. The molecule has 0 saturated heterocycles. The van der Waals surface area contributed by atoms with E-state index in [0.717, 1.165) is 0 Å². The topological polar surface area (TPSA) is 81.4 Å². The first-order chi connectivity index (χ1) is 9.83. The summed E-state index contributed by atoms with van der Waals surface area (Å²) in [7, 11) is -2.18. The lowest BCUT2D eigenvalue weighted by molar-refractivity contribution is 0.415. The Balaban J connectivity index is 2.42. The van der Waals surface area contributed by atoms with E-state index in [9.17, 15) is 8.42 Å². The molecule has 0 radical (unpaired) electrons. The summed E-state index contributed by atoms with van der Waals surface area (Å²) in [5.74, 6) is 0.560. The van der Waals surface area contributed by atoms with Crippen LogP contribution in [0.4, 0.5) is 11.4 Å². The molecule has 0 heterocycles. The summed E-state index contributed by atoms with van der Waals surface area (Å²) in [6.45, 7) is 1.70. The lowest BCUT2D eigenvalue weighted by Gasteiger charge is -2.13. The van der Waals surface area contributed by atoms with Crippen molar-refractivity contribution in [1.29, 1.82) is 0 Å². The van der Waals surface area contributed by atoms with Crippen LogP contribution < -0.4 is 15.2 Å².